The van der Waals surface area contributed by atoms with Crippen LogP contribution >= 0.6 is 0 Å². The van der Waals surface area contributed by atoms with Gasteiger partial charge in [-0.05, 0) is 83.5 Å². The fourth-order valence-corrected chi connectivity index (χ4v) is 10.7. The minimum Gasteiger partial charge on any atom is -0.394 e. The summed E-state index contributed by atoms with van der Waals surface area (Å²) >= 11 is 0. The van der Waals surface area contributed by atoms with E-state index in [2.05, 4.69) is 129 Å². The predicted molar refractivity (Wildman–Crippen MR) is 363 cm³/mol. The SMILES string of the molecule is CC/C=C\C/C=C\C/C=C\C/C=C\C/C=C\C/C=C\C/C=C\C/C=C\C/C=C\CCCCCCCCCCCC(=O)NC(CO)C(O)CCCCCCCCCCCCCCCCCCCCCCCCCCCCCCCCCC. The van der Waals surface area contributed by atoms with Crippen LogP contribution < -0.4 is 5.32 Å². The number of aliphatic hydroxyl groups excluding tert-OH is 2. The highest BCUT2D eigenvalue weighted by Crippen LogP contribution is 2.18. The first-order chi connectivity index (χ1) is 40.2. The van der Waals surface area contributed by atoms with E-state index in [9.17, 15) is 15.0 Å². The molecule has 0 aliphatic carbocycles. The van der Waals surface area contributed by atoms with Crippen molar-refractivity contribution < 1.29 is 15.0 Å². The van der Waals surface area contributed by atoms with Gasteiger partial charge in [0.2, 0.25) is 5.91 Å². The Labute approximate surface area is 506 Å². The van der Waals surface area contributed by atoms with Crippen LogP contribution in [-0.4, -0.2) is 34.9 Å². The molecule has 0 saturated carbocycles. The number of amides is 1. The number of hydrogen-bond donors (Lipinski definition) is 3. The molecule has 0 aromatic carbocycles. The maximum Gasteiger partial charge on any atom is 0.220 e. The van der Waals surface area contributed by atoms with Gasteiger partial charge in [0.25, 0.3) is 0 Å². The molecule has 1 amide bonds. The fourth-order valence-electron chi connectivity index (χ4n) is 10.7. The Bertz CT molecular complexity index is 1510. The zero-order chi connectivity index (χ0) is 58.4. The monoisotopic (exact) mass is 1120 g/mol. The van der Waals surface area contributed by atoms with E-state index in [1.807, 2.05) is 0 Å². The number of carbonyl (C=O) groups excluding carboxylic acids is 1. The van der Waals surface area contributed by atoms with E-state index in [0.717, 1.165) is 83.5 Å². The molecule has 81 heavy (non-hydrogen) atoms. The number of nitrogens with one attached hydrogen (secondary N) is 1. The minimum absolute atomic E-state index is 0.0372. The number of hydrogen-bond acceptors (Lipinski definition) is 3. The molecule has 468 valence electrons. The molecule has 0 heterocycles. The molecule has 0 radical (unpaired) electrons. The van der Waals surface area contributed by atoms with Crippen LogP contribution in [0.4, 0.5) is 0 Å². The lowest BCUT2D eigenvalue weighted by atomic mass is 10.0. The minimum atomic E-state index is -0.671. The summed E-state index contributed by atoms with van der Waals surface area (Å²) in [6.45, 7) is 4.27. The molecule has 2 atom stereocenters. The van der Waals surface area contributed by atoms with Crippen LogP contribution in [0.3, 0.4) is 0 Å². The maximum absolute atomic E-state index is 12.6. The second kappa shape index (κ2) is 71.3. The van der Waals surface area contributed by atoms with Gasteiger partial charge in [-0.2, -0.15) is 0 Å². The molecular formula is C77H137NO3. The fraction of sp³-hybridized carbons (Fsp3) is 0.753. The molecule has 0 spiro atoms. The Balaban J connectivity index is 3.50. The standard InChI is InChI=1S/C77H137NO3/c1-3-5-7-9-11-13-15-17-19-21-23-25-27-29-31-33-35-37-38-39-40-41-43-45-47-49-51-53-55-57-59-61-63-65-67-69-71-73-77(81)78-75(74-79)76(80)72-70-68-66-64-62-60-58-56-54-52-50-48-46-44-42-36-34-32-30-28-26-24-22-20-18-16-14-12-10-8-6-4-2/h5,7,11,13,17,19,23,25,29,31,35,37,39-40,43,45,49,51,75-76,79-80H,3-4,6,8-10,12,14-16,18,20-22,24,26-28,30,32-34,36,38,41-42,44,46-48,50,52-74H2,1-2H3,(H,78,81)/b7-5-,13-11-,19-17-,25-23-,31-29-,37-35-,40-39-,45-43-,51-49-. The van der Waals surface area contributed by atoms with Gasteiger partial charge in [0.05, 0.1) is 18.8 Å². The Morgan fingerprint density at radius 1 is 0.309 bits per heavy atom. The van der Waals surface area contributed by atoms with Crippen LogP contribution in [0.1, 0.15) is 354 Å². The van der Waals surface area contributed by atoms with E-state index in [4.69, 9.17) is 0 Å². The summed E-state index contributed by atoms with van der Waals surface area (Å²) in [5.41, 5.74) is 0. The van der Waals surface area contributed by atoms with Gasteiger partial charge in [0, 0.05) is 6.42 Å². The predicted octanol–water partition coefficient (Wildman–Crippen LogP) is 24.5. The first kappa shape index (κ1) is 78.0. The van der Waals surface area contributed by atoms with Crippen molar-refractivity contribution in [3.8, 4) is 0 Å². The molecule has 0 aromatic heterocycles. The zero-order valence-corrected chi connectivity index (χ0v) is 54.0. The summed E-state index contributed by atoms with van der Waals surface area (Å²) < 4.78 is 0. The van der Waals surface area contributed by atoms with Crippen molar-refractivity contribution in [3.63, 3.8) is 0 Å². The molecule has 0 bridgehead atoms. The number of allylic oxidation sites excluding steroid dienone is 18. The van der Waals surface area contributed by atoms with Crippen molar-refractivity contribution in [2.75, 3.05) is 6.61 Å². The van der Waals surface area contributed by atoms with Crippen LogP contribution in [0.15, 0.2) is 109 Å². The topological polar surface area (TPSA) is 69.6 Å². The number of aliphatic hydroxyl groups is 2. The van der Waals surface area contributed by atoms with Crippen molar-refractivity contribution >= 4 is 5.91 Å². The molecule has 0 aromatic rings. The number of rotatable bonds is 65. The van der Waals surface area contributed by atoms with Gasteiger partial charge in [0.1, 0.15) is 0 Å². The first-order valence-corrected chi connectivity index (χ1v) is 35.6. The molecular weight excluding hydrogens is 987 g/mol. The summed E-state index contributed by atoms with van der Waals surface area (Å²) in [6, 6.07) is -0.549. The van der Waals surface area contributed by atoms with Gasteiger partial charge in [-0.1, -0.05) is 374 Å². The van der Waals surface area contributed by atoms with Crippen molar-refractivity contribution in [3.05, 3.63) is 109 Å². The zero-order valence-electron chi connectivity index (χ0n) is 54.0. The second-order valence-corrected chi connectivity index (χ2v) is 23.9. The van der Waals surface area contributed by atoms with Crippen LogP contribution in [0.25, 0.3) is 0 Å². The van der Waals surface area contributed by atoms with Gasteiger partial charge in [-0.15, -0.1) is 0 Å². The lowest BCUT2D eigenvalue weighted by molar-refractivity contribution is -0.123. The normalized spacial score (nSPS) is 13.4. The van der Waals surface area contributed by atoms with Crippen LogP contribution in [0.2, 0.25) is 0 Å². The van der Waals surface area contributed by atoms with Crippen molar-refractivity contribution in [1.82, 2.24) is 5.32 Å². The molecule has 4 heteroatoms. The molecule has 2 unspecified atom stereocenters. The van der Waals surface area contributed by atoms with Crippen molar-refractivity contribution in [2.24, 2.45) is 0 Å². The molecule has 0 saturated heterocycles. The van der Waals surface area contributed by atoms with E-state index in [1.54, 1.807) is 0 Å². The van der Waals surface area contributed by atoms with E-state index in [1.165, 1.54) is 244 Å². The molecule has 0 rings (SSSR count). The van der Waals surface area contributed by atoms with E-state index < -0.39 is 12.1 Å². The van der Waals surface area contributed by atoms with Gasteiger partial charge in [0.15, 0.2) is 0 Å². The smallest absolute Gasteiger partial charge is 0.220 e. The molecule has 0 aliphatic rings. The van der Waals surface area contributed by atoms with Gasteiger partial charge in [-0.25, -0.2) is 0 Å². The largest absolute Gasteiger partial charge is 0.394 e. The highest BCUT2D eigenvalue weighted by Gasteiger charge is 2.20. The highest BCUT2D eigenvalue weighted by molar-refractivity contribution is 5.76. The average molecular weight is 1120 g/mol. The summed E-state index contributed by atoms with van der Waals surface area (Å²) in [6.07, 6.45) is 107. The summed E-state index contributed by atoms with van der Waals surface area (Å²) in [4.78, 5) is 12.6. The van der Waals surface area contributed by atoms with Gasteiger partial charge >= 0.3 is 0 Å². The summed E-state index contributed by atoms with van der Waals surface area (Å²) in [5.74, 6) is -0.0372. The van der Waals surface area contributed by atoms with Crippen molar-refractivity contribution in [1.29, 1.82) is 0 Å². The van der Waals surface area contributed by atoms with Crippen LogP contribution in [0, 0.1) is 0 Å². The number of carbonyl (C=O) groups is 1. The third-order valence-corrected chi connectivity index (χ3v) is 16.0. The maximum atomic E-state index is 12.6. The molecule has 3 N–H and O–H groups in total. The average Bonchev–Trinajstić information content (AvgIpc) is 3.47. The Morgan fingerprint density at radius 2 is 0.543 bits per heavy atom. The lowest BCUT2D eigenvalue weighted by Gasteiger charge is -2.22. The van der Waals surface area contributed by atoms with Crippen LogP contribution in [-0.2, 0) is 4.79 Å². The quantitative estimate of drug-likeness (QED) is 0.0420. The lowest BCUT2D eigenvalue weighted by Crippen LogP contribution is -2.45. The van der Waals surface area contributed by atoms with E-state index in [0.29, 0.717) is 12.8 Å². The van der Waals surface area contributed by atoms with E-state index in [-0.39, 0.29) is 12.5 Å². The molecule has 0 aliphatic heterocycles. The van der Waals surface area contributed by atoms with E-state index >= 15 is 0 Å². The second-order valence-electron chi connectivity index (χ2n) is 23.9. The van der Waals surface area contributed by atoms with Gasteiger partial charge in [-0.3, -0.25) is 4.79 Å². The number of unbranched alkanes of at least 4 members (excludes halogenated alkanes) is 40. The molecule has 0 fully saturated rings. The van der Waals surface area contributed by atoms with Crippen LogP contribution in [0.5, 0.6) is 0 Å². The summed E-state index contributed by atoms with van der Waals surface area (Å²) in [5, 5.41) is 23.5. The first-order valence-electron chi connectivity index (χ1n) is 35.6. The Hall–Kier alpha value is -2.95. The highest BCUT2D eigenvalue weighted by atomic mass is 16.3. The Morgan fingerprint density at radius 3 is 0.815 bits per heavy atom. The summed E-state index contributed by atoms with van der Waals surface area (Å²) in [7, 11) is 0. The molecule has 4 nitrogen and oxygen atoms in total. The van der Waals surface area contributed by atoms with Gasteiger partial charge < -0.3 is 15.5 Å². The van der Waals surface area contributed by atoms with Crippen molar-refractivity contribution in [2.45, 2.75) is 366 Å². The third kappa shape index (κ3) is 67.7. The Kier molecular flexibility index (Phi) is 68.7. The third-order valence-electron chi connectivity index (χ3n) is 16.0.